The van der Waals surface area contributed by atoms with Crippen LogP contribution in [0.4, 0.5) is 11.4 Å². The lowest BCUT2D eigenvalue weighted by Crippen LogP contribution is -2.32. The summed E-state index contributed by atoms with van der Waals surface area (Å²) in [5.74, 6) is -2.13. The number of halogens is 1. The van der Waals surface area contributed by atoms with Gasteiger partial charge in [-0.2, -0.15) is 0 Å². The maximum absolute atomic E-state index is 13.6. The van der Waals surface area contributed by atoms with Crippen molar-refractivity contribution < 1.29 is 28.7 Å². The monoisotopic (exact) mass is 564 g/mol. The van der Waals surface area contributed by atoms with Crippen molar-refractivity contribution in [1.82, 2.24) is 0 Å². The summed E-state index contributed by atoms with van der Waals surface area (Å²) in [7, 11) is 0. The van der Waals surface area contributed by atoms with E-state index in [1.54, 1.807) is 69.3 Å². The van der Waals surface area contributed by atoms with Crippen molar-refractivity contribution in [2.75, 3.05) is 16.8 Å². The minimum atomic E-state index is -0.587. The molecule has 0 unspecified atom stereocenters. The van der Waals surface area contributed by atoms with Crippen molar-refractivity contribution in [2.24, 2.45) is 0 Å². The van der Waals surface area contributed by atoms with Crippen LogP contribution in [0.25, 0.3) is 0 Å². The molecule has 10 heteroatoms. The molecule has 8 nitrogen and oxygen atoms in total. The van der Waals surface area contributed by atoms with Crippen LogP contribution in [0.1, 0.15) is 41.5 Å². The van der Waals surface area contributed by atoms with Crippen molar-refractivity contribution in [1.29, 1.82) is 0 Å². The molecule has 0 aliphatic carbocycles. The van der Waals surface area contributed by atoms with Crippen molar-refractivity contribution in [3.05, 3.63) is 99.5 Å². The van der Waals surface area contributed by atoms with Crippen LogP contribution in [-0.4, -0.2) is 36.5 Å². The summed E-state index contributed by atoms with van der Waals surface area (Å²) in [5.41, 5.74) is 1.36. The Balaban J connectivity index is 1.68. The molecule has 0 radical (unpaired) electrons. The summed E-state index contributed by atoms with van der Waals surface area (Å²) in [5, 5.41) is 3.57. The number of hydrogen-bond donors (Lipinski definition) is 1. The highest BCUT2D eigenvalue weighted by Gasteiger charge is 2.40. The van der Waals surface area contributed by atoms with Crippen LogP contribution >= 0.6 is 23.4 Å². The summed E-state index contributed by atoms with van der Waals surface area (Å²) in [6, 6.07) is 19.4. The predicted molar refractivity (Wildman–Crippen MR) is 150 cm³/mol. The van der Waals surface area contributed by atoms with E-state index in [4.69, 9.17) is 21.1 Å². The van der Waals surface area contributed by atoms with Crippen LogP contribution in [0, 0.1) is 0 Å². The largest absolute Gasteiger partial charge is 0.462 e. The van der Waals surface area contributed by atoms with Gasteiger partial charge in [-0.3, -0.25) is 9.59 Å². The molecule has 1 aliphatic rings. The summed E-state index contributed by atoms with van der Waals surface area (Å²) in [6.07, 6.45) is -0.286. The van der Waals surface area contributed by atoms with Crippen molar-refractivity contribution >= 4 is 58.5 Å². The zero-order chi connectivity index (χ0) is 28.1. The fourth-order valence-corrected chi connectivity index (χ4v) is 4.73. The molecule has 39 heavy (non-hydrogen) atoms. The van der Waals surface area contributed by atoms with Gasteiger partial charge in [0.1, 0.15) is 10.6 Å². The van der Waals surface area contributed by atoms with Crippen LogP contribution in [-0.2, 0) is 19.1 Å². The number of nitrogens with zero attached hydrogens (tertiary/aromatic N) is 1. The zero-order valence-electron chi connectivity index (χ0n) is 21.4. The van der Waals surface area contributed by atoms with Crippen molar-refractivity contribution in [3.63, 3.8) is 0 Å². The molecular weight excluding hydrogens is 540 g/mol. The normalized spacial score (nSPS) is 13.2. The van der Waals surface area contributed by atoms with Gasteiger partial charge in [0.2, 0.25) is 0 Å². The molecule has 0 bridgehead atoms. The average Bonchev–Trinajstić information content (AvgIpc) is 3.13. The molecule has 3 aromatic carbocycles. The number of carbonyl (C=O) groups is 4. The van der Waals surface area contributed by atoms with Gasteiger partial charge in [0.15, 0.2) is 0 Å². The third-order valence-electron chi connectivity index (χ3n) is 5.42. The van der Waals surface area contributed by atoms with Crippen LogP contribution < -0.4 is 10.2 Å². The number of anilines is 2. The summed E-state index contributed by atoms with van der Waals surface area (Å²) in [4.78, 5) is 53.6. The highest BCUT2D eigenvalue weighted by molar-refractivity contribution is 8.04. The number of hydrogen-bond acceptors (Lipinski definition) is 8. The van der Waals surface area contributed by atoms with Gasteiger partial charge in [-0.05, 0) is 87.5 Å². The third kappa shape index (κ3) is 6.50. The maximum atomic E-state index is 13.6. The Morgan fingerprint density at radius 2 is 1.62 bits per heavy atom. The first kappa shape index (κ1) is 27.9. The van der Waals surface area contributed by atoms with Crippen LogP contribution in [0.3, 0.4) is 0 Å². The van der Waals surface area contributed by atoms with Gasteiger partial charge < -0.3 is 14.8 Å². The van der Waals surface area contributed by atoms with Gasteiger partial charge in [0, 0.05) is 15.6 Å². The van der Waals surface area contributed by atoms with E-state index in [-0.39, 0.29) is 29.0 Å². The first-order valence-corrected chi connectivity index (χ1v) is 13.3. The maximum Gasteiger partial charge on any atom is 0.338 e. The predicted octanol–water partition coefficient (Wildman–Crippen LogP) is 6.07. The lowest BCUT2D eigenvalue weighted by atomic mass is 10.2. The average molecular weight is 565 g/mol. The molecule has 0 saturated carbocycles. The molecule has 0 aromatic heterocycles. The van der Waals surface area contributed by atoms with E-state index in [2.05, 4.69) is 5.32 Å². The molecule has 1 heterocycles. The van der Waals surface area contributed by atoms with E-state index in [9.17, 15) is 19.2 Å². The number of rotatable bonds is 9. The van der Waals surface area contributed by atoms with Gasteiger partial charge in [-0.25, -0.2) is 14.5 Å². The number of carbonyl (C=O) groups excluding carboxylic acids is 4. The van der Waals surface area contributed by atoms with Crippen LogP contribution in [0.5, 0.6) is 0 Å². The number of thioether (sulfide) groups is 1. The van der Waals surface area contributed by atoms with Crippen molar-refractivity contribution in [3.8, 4) is 0 Å². The lowest BCUT2D eigenvalue weighted by Gasteiger charge is -2.16. The summed E-state index contributed by atoms with van der Waals surface area (Å²) >= 11 is 7.12. The topological polar surface area (TPSA) is 102 Å². The zero-order valence-corrected chi connectivity index (χ0v) is 23.0. The molecule has 0 fully saturated rings. The molecule has 0 saturated heterocycles. The highest BCUT2D eigenvalue weighted by atomic mass is 35.5. The number of nitrogens with one attached hydrogen (secondary N) is 1. The number of esters is 2. The molecule has 1 aliphatic heterocycles. The summed E-state index contributed by atoms with van der Waals surface area (Å²) in [6.45, 7) is 5.42. The Morgan fingerprint density at radius 1 is 0.923 bits per heavy atom. The second-order valence-electron chi connectivity index (χ2n) is 8.63. The Labute approximate surface area is 234 Å². The number of amides is 2. The standard InChI is InChI=1S/C29H25ClN2O6S/c1-4-37-28(35)19-6-5-7-21(16-19)31-24-25(39-23-14-10-20(30)11-15-23)27(34)32(26(24)33)22-12-8-18(9-13-22)29(36)38-17(2)3/h5-17,31H,4H2,1-3H3. The molecule has 4 rings (SSSR count). The first-order chi connectivity index (χ1) is 18.7. The fraction of sp³-hybridized carbons (Fsp3) is 0.172. The van der Waals surface area contributed by atoms with E-state index in [1.165, 1.54) is 24.3 Å². The SMILES string of the molecule is CCOC(=O)c1cccc(NC2=C(Sc3ccc(Cl)cc3)C(=O)N(c3ccc(C(=O)OC(C)C)cc3)C2=O)c1. The number of imide groups is 1. The Bertz CT molecular complexity index is 1450. The first-order valence-electron chi connectivity index (χ1n) is 12.1. The van der Waals surface area contributed by atoms with Gasteiger partial charge in [-0.15, -0.1) is 0 Å². The van der Waals surface area contributed by atoms with Crippen LogP contribution in [0.2, 0.25) is 5.02 Å². The lowest BCUT2D eigenvalue weighted by molar-refractivity contribution is -0.120. The molecule has 0 spiro atoms. The Kier molecular flexibility index (Phi) is 8.73. The second kappa shape index (κ2) is 12.2. The molecule has 3 aromatic rings. The Hall–Kier alpha value is -4.08. The van der Waals surface area contributed by atoms with Crippen molar-refractivity contribution in [2.45, 2.75) is 31.8 Å². The third-order valence-corrected chi connectivity index (χ3v) is 6.76. The molecule has 0 atom stereocenters. The smallest absolute Gasteiger partial charge is 0.338 e. The minimum absolute atomic E-state index is 0.0456. The quantitative estimate of drug-likeness (QED) is 0.247. The second-order valence-corrected chi connectivity index (χ2v) is 10.2. The minimum Gasteiger partial charge on any atom is -0.462 e. The van der Waals surface area contributed by atoms with E-state index in [0.717, 1.165) is 16.7 Å². The van der Waals surface area contributed by atoms with Gasteiger partial charge in [0.25, 0.3) is 11.8 Å². The fourth-order valence-electron chi connectivity index (χ4n) is 3.68. The number of benzene rings is 3. The van der Waals surface area contributed by atoms with Gasteiger partial charge >= 0.3 is 11.9 Å². The van der Waals surface area contributed by atoms with Crippen LogP contribution in [0.15, 0.2) is 88.3 Å². The molecular formula is C29H25ClN2O6S. The van der Waals surface area contributed by atoms with E-state index in [0.29, 0.717) is 26.7 Å². The van der Waals surface area contributed by atoms with E-state index >= 15 is 0 Å². The molecule has 200 valence electrons. The Morgan fingerprint density at radius 3 is 2.26 bits per heavy atom. The van der Waals surface area contributed by atoms with E-state index < -0.39 is 23.8 Å². The number of ether oxygens (including phenoxy) is 2. The van der Waals surface area contributed by atoms with Gasteiger partial charge in [-0.1, -0.05) is 29.4 Å². The molecule has 2 amide bonds. The summed E-state index contributed by atoms with van der Waals surface area (Å²) < 4.78 is 10.3. The molecule has 1 N–H and O–H groups in total. The highest BCUT2D eigenvalue weighted by Crippen LogP contribution is 2.38. The van der Waals surface area contributed by atoms with Gasteiger partial charge in [0.05, 0.1) is 29.5 Å². The van der Waals surface area contributed by atoms with E-state index in [1.807, 2.05) is 0 Å².